The van der Waals surface area contributed by atoms with Gasteiger partial charge in [0.25, 0.3) is 0 Å². The van der Waals surface area contributed by atoms with Gasteiger partial charge < -0.3 is 9.47 Å². The molecule has 2 aliphatic rings. The molecule has 130 valence electrons. The van der Waals surface area contributed by atoms with Crippen LogP contribution in [0.15, 0.2) is 30.3 Å². The molecule has 0 amide bonds. The Kier molecular flexibility index (Phi) is 6.62. The summed E-state index contributed by atoms with van der Waals surface area (Å²) < 4.78 is 11.3. The molecule has 0 bridgehead atoms. The third-order valence-electron chi connectivity index (χ3n) is 4.89. The molecule has 0 aliphatic carbocycles. The lowest BCUT2D eigenvalue weighted by molar-refractivity contribution is 0.00548. The Bertz CT molecular complexity index is 517. The zero-order valence-electron chi connectivity index (χ0n) is 14.3. The van der Waals surface area contributed by atoms with Crippen LogP contribution in [-0.2, 0) is 9.47 Å². The van der Waals surface area contributed by atoms with E-state index in [2.05, 4.69) is 15.9 Å². The summed E-state index contributed by atoms with van der Waals surface area (Å²) in [5.74, 6) is 0. The molecule has 2 atom stereocenters. The Hall–Kier alpha value is -1.45. The van der Waals surface area contributed by atoms with E-state index in [4.69, 9.17) is 9.47 Å². The van der Waals surface area contributed by atoms with Crippen LogP contribution in [0.5, 0.6) is 0 Å². The van der Waals surface area contributed by atoms with Crippen LogP contribution < -0.4 is 0 Å². The average Bonchev–Trinajstić information content (AvgIpc) is 3.15. The third kappa shape index (κ3) is 4.78. The molecule has 0 saturated carbocycles. The largest absolute Gasteiger partial charge is 0.377 e. The number of hydrogen-bond acceptors (Lipinski definition) is 5. The molecular weight excluding hydrogens is 302 g/mol. The lowest BCUT2D eigenvalue weighted by Crippen LogP contribution is -2.48. The minimum absolute atomic E-state index is 0.135. The molecule has 1 aromatic rings. The fraction of sp³-hybridized carbons (Fsp3) is 0.632. The molecule has 0 radical (unpaired) electrons. The second-order valence-electron chi connectivity index (χ2n) is 6.53. The minimum Gasteiger partial charge on any atom is -0.377 e. The summed E-state index contributed by atoms with van der Waals surface area (Å²) >= 11 is 0. The van der Waals surface area contributed by atoms with Gasteiger partial charge in [0, 0.05) is 39.3 Å². The molecule has 2 heterocycles. The van der Waals surface area contributed by atoms with Gasteiger partial charge in [-0.3, -0.25) is 9.80 Å². The van der Waals surface area contributed by atoms with Crippen molar-refractivity contribution in [3.8, 4) is 6.07 Å². The van der Waals surface area contributed by atoms with E-state index >= 15 is 0 Å². The highest BCUT2D eigenvalue weighted by Gasteiger charge is 2.24. The lowest BCUT2D eigenvalue weighted by Gasteiger charge is -2.37. The summed E-state index contributed by atoms with van der Waals surface area (Å²) in [6.07, 6.45) is 2.61. The van der Waals surface area contributed by atoms with E-state index in [1.165, 1.54) is 0 Å². The van der Waals surface area contributed by atoms with Crippen LogP contribution in [0.2, 0.25) is 0 Å². The van der Waals surface area contributed by atoms with Crippen LogP contribution in [0, 0.1) is 11.3 Å². The predicted octanol–water partition coefficient (Wildman–Crippen LogP) is 2.06. The number of ether oxygens (including phenoxy) is 2. The Morgan fingerprint density at radius 2 is 2.00 bits per heavy atom. The zero-order valence-corrected chi connectivity index (χ0v) is 14.3. The van der Waals surface area contributed by atoms with Crippen LogP contribution in [0.3, 0.4) is 0 Å². The highest BCUT2D eigenvalue weighted by atomic mass is 16.5. The summed E-state index contributed by atoms with van der Waals surface area (Å²) in [6, 6.07) is 12.4. The molecule has 2 saturated heterocycles. The second kappa shape index (κ2) is 9.14. The molecule has 0 N–H and O–H groups in total. The first-order valence-electron chi connectivity index (χ1n) is 8.97. The summed E-state index contributed by atoms with van der Waals surface area (Å²) in [5.41, 5.74) is 1.09. The SMILES string of the molecule is N#C[C@@H](c1ccccc1)N1CCN(CCOC[C@@H]2CCCO2)CC1. The summed E-state index contributed by atoms with van der Waals surface area (Å²) in [6.45, 7) is 7.19. The highest BCUT2D eigenvalue weighted by Crippen LogP contribution is 2.21. The summed E-state index contributed by atoms with van der Waals surface area (Å²) in [7, 11) is 0. The van der Waals surface area contributed by atoms with Gasteiger partial charge in [-0.05, 0) is 18.4 Å². The molecule has 2 aliphatic heterocycles. The van der Waals surface area contributed by atoms with Crippen molar-refractivity contribution in [3.05, 3.63) is 35.9 Å². The highest BCUT2D eigenvalue weighted by molar-refractivity contribution is 5.24. The maximum Gasteiger partial charge on any atom is 0.123 e. The van der Waals surface area contributed by atoms with E-state index in [1.807, 2.05) is 30.3 Å². The van der Waals surface area contributed by atoms with Crippen molar-refractivity contribution >= 4 is 0 Å². The first-order valence-corrected chi connectivity index (χ1v) is 8.97. The first-order chi connectivity index (χ1) is 11.9. The Morgan fingerprint density at radius 1 is 1.21 bits per heavy atom. The normalized spacial score (nSPS) is 23.9. The maximum atomic E-state index is 9.54. The van der Waals surface area contributed by atoms with Gasteiger partial charge in [0.1, 0.15) is 6.04 Å². The second-order valence-corrected chi connectivity index (χ2v) is 6.53. The Balaban J connectivity index is 1.36. The van der Waals surface area contributed by atoms with Gasteiger partial charge in [-0.2, -0.15) is 5.26 Å². The molecule has 2 fully saturated rings. The number of nitrogens with zero attached hydrogens (tertiary/aromatic N) is 3. The standard InChI is InChI=1S/C19H27N3O2/c20-15-19(17-5-2-1-3-6-17)22-10-8-21(9-11-22)12-14-23-16-18-7-4-13-24-18/h1-3,5-6,18-19H,4,7-14,16H2/t18-,19-/m0/s1. The topological polar surface area (TPSA) is 48.7 Å². The van der Waals surface area contributed by atoms with Crippen LogP contribution >= 0.6 is 0 Å². The van der Waals surface area contributed by atoms with E-state index in [1.54, 1.807) is 0 Å². The number of rotatable bonds is 7. The van der Waals surface area contributed by atoms with Crippen molar-refractivity contribution in [2.24, 2.45) is 0 Å². The van der Waals surface area contributed by atoms with Gasteiger partial charge in [-0.15, -0.1) is 0 Å². The van der Waals surface area contributed by atoms with Gasteiger partial charge in [-0.1, -0.05) is 30.3 Å². The van der Waals surface area contributed by atoms with Crippen molar-refractivity contribution in [2.75, 3.05) is 52.5 Å². The molecule has 0 aromatic heterocycles. The molecule has 5 nitrogen and oxygen atoms in total. The number of piperazine rings is 1. The van der Waals surface area contributed by atoms with Gasteiger partial charge in [-0.25, -0.2) is 0 Å². The predicted molar refractivity (Wildman–Crippen MR) is 92.6 cm³/mol. The zero-order chi connectivity index (χ0) is 16.6. The van der Waals surface area contributed by atoms with Gasteiger partial charge >= 0.3 is 0 Å². The van der Waals surface area contributed by atoms with Crippen LogP contribution in [0.4, 0.5) is 0 Å². The fourth-order valence-corrected chi connectivity index (χ4v) is 3.43. The number of nitriles is 1. The van der Waals surface area contributed by atoms with Crippen molar-refractivity contribution in [1.29, 1.82) is 5.26 Å². The van der Waals surface area contributed by atoms with Crippen LogP contribution in [0.1, 0.15) is 24.4 Å². The van der Waals surface area contributed by atoms with Crippen molar-refractivity contribution in [3.63, 3.8) is 0 Å². The number of hydrogen-bond donors (Lipinski definition) is 0. The number of benzene rings is 1. The maximum absolute atomic E-state index is 9.54. The summed E-state index contributed by atoms with van der Waals surface area (Å²) in [4.78, 5) is 4.70. The Labute approximate surface area is 144 Å². The van der Waals surface area contributed by atoms with Crippen LogP contribution in [-0.4, -0.2) is 68.4 Å². The molecule has 5 heteroatoms. The van der Waals surface area contributed by atoms with E-state index in [-0.39, 0.29) is 6.04 Å². The van der Waals surface area contributed by atoms with Crippen LogP contribution in [0.25, 0.3) is 0 Å². The van der Waals surface area contributed by atoms with Gasteiger partial charge in [0.15, 0.2) is 0 Å². The minimum atomic E-state index is -0.135. The van der Waals surface area contributed by atoms with Crippen molar-refractivity contribution in [2.45, 2.75) is 25.0 Å². The Morgan fingerprint density at radius 3 is 2.67 bits per heavy atom. The van der Waals surface area contributed by atoms with Crippen molar-refractivity contribution < 1.29 is 9.47 Å². The molecule has 3 rings (SSSR count). The molecule has 0 unspecified atom stereocenters. The van der Waals surface area contributed by atoms with E-state index in [9.17, 15) is 5.26 Å². The smallest absolute Gasteiger partial charge is 0.123 e. The summed E-state index contributed by atoms with van der Waals surface area (Å²) in [5, 5.41) is 9.54. The third-order valence-corrected chi connectivity index (χ3v) is 4.89. The lowest BCUT2D eigenvalue weighted by atomic mass is 10.1. The van der Waals surface area contributed by atoms with E-state index < -0.39 is 0 Å². The average molecular weight is 329 g/mol. The van der Waals surface area contributed by atoms with Gasteiger partial charge in [0.2, 0.25) is 0 Å². The molecule has 1 aromatic carbocycles. The molecule has 0 spiro atoms. The van der Waals surface area contributed by atoms with E-state index in [0.717, 1.165) is 70.9 Å². The van der Waals surface area contributed by atoms with Crippen molar-refractivity contribution in [1.82, 2.24) is 9.80 Å². The first kappa shape index (κ1) is 17.4. The fourth-order valence-electron chi connectivity index (χ4n) is 3.43. The van der Waals surface area contributed by atoms with E-state index in [0.29, 0.717) is 6.10 Å². The monoisotopic (exact) mass is 329 g/mol. The molecular formula is C19H27N3O2. The quantitative estimate of drug-likeness (QED) is 0.717. The molecule has 24 heavy (non-hydrogen) atoms. The van der Waals surface area contributed by atoms with Gasteiger partial charge in [0.05, 0.1) is 25.4 Å².